The number of benzene rings is 2. The Bertz CT molecular complexity index is 577. The predicted octanol–water partition coefficient (Wildman–Crippen LogP) is 1.11. The van der Waals surface area contributed by atoms with Gasteiger partial charge in [-0.2, -0.15) is 0 Å². The summed E-state index contributed by atoms with van der Waals surface area (Å²) in [7, 11) is 2.05. The van der Waals surface area contributed by atoms with Gasteiger partial charge in [0.1, 0.15) is 7.85 Å². The summed E-state index contributed by atoms with van der Waals surface area (Å²) in [5, 5.41) is 0. The van der Waals surface area contributed by atoms with E-state index in [9.17, 15) is 4.79 Å². The first kappa shape index (κ1) is 10.1. The zero-order valence-corrected chi connectivity index (χ0v) is 9.68. The zero-order chi connectivity index (χ0) is 11.8. The zero-order valence-electron chi connectivity index (χ0n) is 9.68. The van der Waals surface area contributed by atoms with Gasteiger partial charge in [-0.25, -0.2) is 0 Å². The summed E-state index contributed by atoms with van der Waals surface area (Å²) in [6.45, 7) is 0.679. The van der Waals surface area contributed by atoms with Crippen LogP contribution in [0.1, 0.15) is 15.9 Å². The lowest BCUT2D eigenvalue weighted by Crippen LogP contribution is -2.23. The van der Waals surface area contributed by atoms with Crippen LogP contribution in [-0.4, -0.2) is 13.8 Å². The third-order valence-electron chi connectivity index (χ3n) is 3.17. The molecule has 0 aliphatic carbocycles. The number of amides is 1. The molecule has 82 valence electrons. The molecule has 2 nitrogen and oxygen atoms in total. The van der Waals surface area contributed by atoms with Crippen molar-refractivity contribution in [3.63, 3.8) is 0 Å². The molecule has 0 radical (unpaired) electrons. The summed E-state index contributed by atoms with van der Waals surface area (Å²) in [6, 6.07) is 15.9. The number of carbonyl (C=O) groups excluding carboxylic acids is 1. The molecular weight excluding hydrogens is 209 g/mol. The molecule has 0 aromatic heterocycles. The van der Waals surface area contributed by atoms with Crippen LogP contribution in [0.3, 0.4) is 0 Å². The lowest BCUT2D eigenvalue weighted by Gasteiger charge is -2.15. The highest BCUT2D eigenvalue weighted by Gasteiger charge is 2.27. The molecule has 0 saturated carbocycles. The smallest absolute Gasteiger partial charge is 0.258 e. The van der Waals surface area contributed by atoms with E-state index in [4.69, 9.17) is 0 Å². The third kappa shape index (κ3) is 1.64. The molecule has 0 fully saturated rings. The van der Waals surface area contributed by atoms with Gasteiger partial charge in [-0.15, -0.1) is 0 Å². The van der Waals surface area contributed by atoms with Crippen molar-refractivity contribution in [1.82, 2.24) is 0 Å². The molecular formula is C14H12BNO. The Kier molecular flexibility index (Phi) is 2.25. The van der Waals surface area contributed by atoms with Crippen LogP contribution in [0.2, 0.25) is 0 Å². The van der Waals surface area contributed by atoms with Crippen LogP contribution in [0.25, 0.3) is 0 Å². The van der Waals surface area contributed by atoms with Crippen LogP contribution in [0, 0.1) is 0 Å². The van der Waals surface area contributed by atoms with E-state index in [1.165, 1.54) is 5.46 Å². The number of fused-ring (bicyclic) bond motifs is 1. The predicted molar refractivity (Wildman–Crippen MR) is 71.6 cm³/mol. The maximum absolute atomic E-state index is 12.2. The Morgan fingerprint density at radius 3 is 2.41 bits per heavy atom. The van der Waals surface area contributed by atoms with E-state index in [0.717, 1.165) is 16.8 Å². The summed E-state index contributed by atoms with van der Waals surface area (Å²) >= 11 is 0. The van der Waals surface area contributed by atoms with Crippen molar-refractivity contribution in [2.24, 2.45) is 0 Å². The summed E-state index contributed by atoms with van der Waals surface area (Å²) in [5.74, 6) is 0.101. The van der Waals surface area contributed by atoms with Gasteiger partial charge in [-0.05, 0) is 23.8 Å². The van der Waals surface area contributed by atoms with Crippen molar-refractivity contribution < 1.29 is 4.79 Å². The van der Waals surface area contributed by atoms with Crippen LogP contribution in [0.5, 0.6) is 0 Å². The molecule has 2 aromatic rings. The van der Waals surface area contributed by atoms with Gasteiger partial charge in [-0.3, -0.25) is 4.79 Å². The average Bonchev–Trinajstić information content (AvgIpc) is 2.69. The van der Waals surface area contributed by atoms with Gasteiger partial charge in [0.25, 0.3) is 5.91 Å². The van der Waals surface area contributed by atoms with Crippen molar-refractivity contribution in [3.8, 4) is 0 Å². The molecule has 3 heteroatoms. The number of nitrogens with zero attached hydrogens (tertiary/aromatic N) is 1. The maximum Gasteiger partial charge on any atom is 0.258 e. The van der Waals surface area contributed by atoms with E-state index in [-0.39, 0.29) is 5.91 Å². The highest BCUT2D eigenvalue weighted by molar-refractivity contribution is 6.32. The van der Waals surface area contributed by atoms with Crippen LogP contribution < -0.4 is 10.4 Å². The standard InChI is InChI=1S/C14H12BNO/c15-11-5-7-12(8-6-11)16-9-10-3-1-2-4-13(10)14(16)17/h1-8H,9,15H2. The fraction of sp³-hybridized carbons (Fsp3) is 0.0714. The average molecular weight is 221 g/mol. The molecule has 0 saturated heterocycles. The quantitative estimate of drug-likeness (QED) is 0.660. The summed E-state index contributed by atoms with van der Waals surface area (Å²) < 4.78 is 0. The van der Waals surface area contributed by atoms with Gasteiger partial charge in [0.2, 0.25) is 0 Å². The third-order valence-corrected chi connectivity index (χ3v) is 3.17. The number of anilines is 1. The molecule has 17 heavy (non-hydrogen) atoms. The fourth-order valence-electron chi connectivity index (χ4n) is 2.19. The number of carbonyl (C=O) groups is 1. The molecule has 2 aromatic carbocycles. The maximum atomic E-state index is 12.2. The normalized spacial score (nSPS) is 13.9. The topological polar surface area (TPSA) is 20.3 Å². The van der Waals surface area contributed by atoms with Crippen molar-refractivity contribution in [3.05, 3.63) is 59.7 Å². The van der Waals surface area contributed by atoms with Gasteiger partial charge < -0.3 is 4.90 Å². The van der Waals surface area contributed by atoms with E-state index < -0.39 is 0 Å². The monoisotopic (exact) mass is 221 g/mol. The van der Waals surface area contributed by atoms with Crippen LogP contribution in [-0.2, 0) is 6.54 Å². The minimum absolute atomic E-state index is 0.101. The van der Waals surface area contributed by atoms with Gasteiger partial charge in [0, 0.05) is 11.3 Å². The van der Waals surface area contributed by atoms with Gasteiger partial charge in [0.05, 0.1) is 6.54 Å². The molecule has 0 atom stereocenters. The highest BCUT2D eigenvalue weighted by Crippen LogP contribution is 2.27. The number of hydrogen-bond donors (Lipinski definition) is 0. The molecule has 1 aliphatic heterocycles. The van der Waals surface area contributed by atoms with Crippen molar-refractivity contribution in [1.29, 1.82) is 0 Å². The van der Waals surface area contributed by atoms with E-state index >= 15 is 0 Å². The van der Waals surface area contributed by atoms with Crippen molar-refractivity contribution in [2.45, 2.75) is 6.54 Å². The second kappa shape index (κ2) is 3.77. The summed E-state index contributed by atoms with van der Waals surface area (Å²) in [5.41, 5.74) is 4.11. The first-order valence-corrected chi connectivity index (χ1v) is 5.72. The fourth-order valence-corrected chi connectivity index (χ4v) is 2.19. The van der Waals surface area contributed by atoms with Crippen molar-refractivity contribution in [2.75, 3.05) is 4.90 Å². The van der Waals surface area contributed by atoms with Crippen LogP contribution in [0.4, 0.5) is 5.69 Å². The summed E-state index contributed by atoms with van der Waals surface area (Å²) in [4.78, 5) is 14.0. The first-order valence-electron chi connectivity index (χ1n) is 5.72. The Morgan fingerprint density at radius 1 is 1.00 bits per heavy atom. The Morgan fingerprint density at radius 2 is 1.71 bits per heavy atom. The van der Waals surface area contributed by atoms with E-state index in [2.05, 4.69) is 0 Å². The first-order chi connectivity index (χ1) is 8.25. The second-order valence-electron chi connectivity index (χ2n) is 4.38. The van der Waals surface area contributed by atoms with Gasteiger partial charge in [-0.1, -0.05) is 35.8 Å². The van der Waals surface area contributed by atoms with E-state index in [0.29, 0.717) is 6.54 Å². The van der Waals surface area contributed by atoms with E-state index in [1.54, 1.807) is 0 Å². The van der Waals surface area contributed by atoms with Gasteiger partial charge in [0.15, 0.2) is 0 Å². The lowest BCUT2D eigenvalue weighted by atomic mass is 9.96. The van der Waals surface area contributed by atoms with Crippen LogP contribution in [0.15, 0.2) is 48.5 Å². The molecule has 0 spiro atoms. The van der Waals surface area contributed by atoms with E-state index in [1.807, 2.05) is 61.3 Å². The Hall–Kier alpha value is -2.03. The Labute approximate surface area is 101 Å². The minimum atomic E-state index is 0.101. The largest absolute Gasteiger partial charge is 0.304 e. The van der Waals surface area contributed by atoms with Gasteiger partial charge >= 0.3 is 0 Å². The molecule has 0 unspecified atom stereocenters. The minimum Gasteiger partial charge on any atom is -0.304 e. The molecule has 0 bridgehead atoms. The molecule has 3 rings (SSSR count). The second-order valence-corrected chi connectivity index (χ2v) is 4.38. The lowest BCUT2D eigenvalue weighted by molar-refractivity contribution is 0.0996. The molecule has 1 heterocycles. The van der Waals surface area contributed by atoms with Crippen LogP contribution >= 0.6 is 0 Å². The van der Waals surface area contributed by atoms with Crippen molar-refractivity contribution >= 4 is 24.9 Å². The number of hydrogen-bond acceptors (Lipinski definition) is 1. The SMILES string of the molecule is Bc1ccc(N2Cc3ccccc3C2=O)cc1. The molecule has 1 amide bonds. The molecule has 0 N–H and O–H groups in total. The highest BCUT2D eigenvalue weighted by atomic mass is 16.2. The number of rotatable bonds is 1. The summed E-state index contributed by atoms with van der Waals surface area (Å²) in [6.07, 6.45) is 0. The Balaban J connectivity index is 1.99. The molecule has 1 aliphatic rings.